The number of rotatable bonds is 4. The van der Waals surface area contributed by atoms with Crippen molar-refractivity contribution in [2.45, 2.75) is 19.8 Å². The fourth-order valence-electron chi connectivity index (χ4n) is 0.490. The Hall–Kier alpha value is -1.12. The van der Waals surface area contributed by atoms with Crippen molar-refractivity contribution in [2.24, 2.45) is 5.73 Å². The second-order valence-corrected chi connectivity index (χ2v) is 2.07. The molecule has 0 aliphatic rings. The van der Waals surface area contributed by atoms with Crippen LogP contribution in [0.1, 0.15) is 19.8 Å². The number of hydrogen-bond acceptors (Lipinski definition) is 2. The molecule has 0 aromatic rings. The summed E-state index contributed by atoms with van der Waals surface area (Å²) >= 11 is 0. The van der Waals surface area contributed by atoms with Gasteiger partial charge in [-0.1, -0.05) is 6.08 Å². The summed E-state index contributed by atoms with van der Waals surface area (Å²) in [6.07, 6.45) is 3.31. The van der Waals surface area contributed by atoms with Gasteiger partial charge in [-0.05, 0) is 18.9 Å². The maximum absolute atomic E-state index is 10.2. The molecule has 0 fully saturated rings. The number of nitrogens with two attached hydrogens (primary N) is 1. The van der Waals surface area contributed by atoms with Crippen molar-refractivity contribution in [2.75, 3.05) is 0 Å². The highest BCUT2D eigenvalue weighted by Gasteiger charge is 1.90. The van der Waals surface area contributed by atoms with Crippen molar-refractivity contribution in [3.8, 4) is 0 Å². The average Bonchev–Trinajstić information content (AvgIpc) is 1.87. The Morgan fingerprint density at radius 1 is 1.60 bits per heavy atom. The lowest BCUT2D eigenvalue weighted by atomic mass is 10.2. The van der Waals surface area contributed by atoms with E-state index in [4.69, 9.17) is 5.73 Å². The van der Waals surface area contributed by atoms with E-state index < -0.39 is 0 Å². The minimum atomic E-state index is -0.338. The van der Waals surface area contributed by atoms with Gasteiger partial charge in [-0.15, -0.1) is 0 Å². The molecular formula is C7H11NO2. The van der Waals surface area contributed by atoms with Crippen LogP contribution < -0.4 is 5.73 Å². The highest BCUT2D eigenvalue weighted by atomic mass is 16.1. The summed E-state index contributed by atoms with van der Waals surface area (Å²) < 4.78 is 0. The summed E-state index contributed by atoms with van der Waals surface area (Å²) in [6.45, 7) is 1.69. The minimum absolute atomic E-state index is 0.311. The molecule has 3 heteroatoms. The van der Waals surface area contributed by atoms with Crippen LogP contribution in [0.4, 0.5) is 0 Å². The maximum atomic E-state index is 10.2. The number of allylic oxidation sites excluding steroid dienone is 2. The zero-order chi connectivity index (χ0) is 7.98. The molecule has 0 unspecified atom stereocenters. The number of carbonyl (C=O) groups excluding carboxylic acids is 2. The summed E-state index contributed by atoms with van der Waals surface area (Å²) in [4.78, 5) is 20.2. The topological polar surface area (TPSA) is 60.2 Å². The van der Waals surface area contributed by atoms with E-state index in [1.165, 1.54) is 0 Å². The first kappa shape index (κ1) is 8.88. The lowest BCUT2D eigenvalue weighted by molar-refractivity contribution is -0.118. The Bertz CT molecular complexity index is 161. The highest BCUT2D eigenvalue weighted by Crippen LogP contribution is 1.94. The van der Waals surface area contributed by atoms with Crippen molar-refractivity contribution in [1.29, 1.82) is 0 Å². The van der Waals surface area contributed by atoms with E-state index in [1.54, 1.807) is 13.0 Å². The fraction of sp³-hybridized carbons (Fsp3) is 0.429. The number of amides is 1. The van der Waals surface area contributed by atoms with Crippen molar-refractivity contribution >= 4 is 12.2 Å². The van der Waals surface area contributed by atoms with Gasteiger partial charge in [0.1, 0.15) is 6.29 Å². The molecule has 0 saturated heterocycles. The largest absolute Gasteiger partial charge is 0.370 e. The predicted octanol–water partition coefficient (Wildman–Crippen LogP) is 0.397. The van der Waals surface area contributed by atoms with Crippen LogP contribution in [0.25, 0.3) is 0 Å². The summed E-state index contributed by atoms with van der Waals surface area (Å²) in [6, 6.07) is 0. The molecular weight excluding hydrogens is 130 g/mol. The molecule has 56 valence electrons. The lowest BCUT2D eigenvalue weighted by Gasteiger charge is -1.88. The Balaban J connectivity index is 3.52. The first-order valence-electron chi connectivity index (χ1n) is 3.07. The molecule has 0 saturated carbocycles. The molecule has 0 radical (unpaired) electrons. The van der Waals surface area contributed by atoms with Gasteiger partial charge in [0.05, 0.1) is 0 Å². The van der Waals surface area contributed by atoms with Crippen LogP contribution in [0, 0.1) is 0 Å². The van der Waals surface area contributed by atoms with Gasteiger partial charge in [0, 0.05) is 6.42 Å². The molecule has 0 aliphatic heterocycles. The second kappa shape index (κ2) is 4.73. The summed E-state index contributed by atoms with van der Waals surface area (Å²) in [5.41, 5.74) is 5.50. The lowest BCUT2D eigenvalue weighted by Crippen LogP contribution is -2.09. The number of carbonyl (C=O) groups is 2. The van der Waals surface area contributed by atoms with E-state index in [-0.39, 0.29) is 5.91 Å². The molecule has 0 aromatic heterocycles. The van der Waals surface area contributed by atoms with E-state index in [2.05, 4.69) is 0 Å². The summed E-state index contributed by atoms with van der Waals surface area (Å²) in [5, 5.41) is 0. The van der Waals surface area contributed by atoms with Crippen LogP contribution in [-0.4, -0.2) is 12.2 Å². The Morgan fingerprint density at radius 2 is 2.20 bits per heavy atom. The van der Waals surface area contributed by atoms with Crippen molar-refractivity contribution in [1.82, 2.24) is 0 Å². The van der Waals surface area contributed by atoms with E-state index >= 15 is 0 Å². The average molecular weight is 141 g/mol. The molecule has 1 amide bonds. The summed E-state index contributed by atoms with van der Waals surface area (Å²) in [5.74, 6) is -0.338. The first-order valence-corrected chi connectivity index (χ1v) is 3.07. The summed E-state index contributed by atoms with van der Waals surface area (Å²) in [7, 11) is 0. The van der Waals surface area contributed by atoms with Gasteiger partial charge >= 0.3 is 0 Å². The monoisotopic (exact) mass is 141 g/mol. The maximum Gasteiger partial charge on any atom is 0.217 e. The van der Waals surface area contributed by atoms with E-state index in [0.717, 1.165) is 6.29 Å². The van der Waals surface area contributed by atoms with Crippen LogP contribution in [-0.2, 0) is 9.59 Å². The molecule has 10 heavy (non-hydrogen) atoms. The van der Waals surface area contributed by atoms with Crippen LogP contribution in [0.15, 0.2) is 11.6 Å². The smallest absolute Gasteiger partial charge is 0.217 e. The molecule has 0 atom stereocenters. The number of aldehydes is 1. The second-order valence-electron chi connectivity index (χ2n) is 2.07. The Labute approximate surface area is 59.9 Å². The van der Waals surface area contributed by atoms with Crippen LogP contribution >= 0.6 is 0 Å². The predicted molar refractivity (Wildman–Crippen MR) is 38.2 cm³/mol. The van der Waals surface area contributed by atoms with Crippen LogP contribution in [0.5, 0.6) is 0 Å². The number of primary amides is 1. The standard InChI is InChI=1S/C7H11NO2/c1-6(5-9)3-2-4-7(8)10/h3,5H,2,4H2,1H3,(H2,8,10). The van der Waals surface area contributed by atoms with Crippen LogP contribution in [0.2, 0.25) is 0 Å². The van der Waals surface area contributed by atoms with E-state index in [1.807, 2.05) is 0 Å². The SMILES string of the molecule is CC(C=O)=CCCC(N)=O. The van der Waals surface area contributed by atoms with Crippen molar-refractivity contribution in [3.63, 3.8) is 0 Å². The zero-order valence-corrected chi connectivity index (χ0v) is 5.96. The van der Waals surface area contributed by atoms with Crippen molar-refractivity contribution in [3.05, 3.63) is 11.6 Å². The van der Waals surface area contributed by atoms with E-state index in [9.17, 15) is 9.59 Å². The highest BCUT2D eigenvalue weighted by molar-refractivity contribution is 5.75. The normalized spacial score (nSPS) is 11.1. The molecule has 0 bridgehead atoms. The van der Waals surface area contributed by atoms with Gasteiger partial charge in [0.25, 0.3) is 0 Å². The molecule has 0 aromatic carbocycles. The molecule has 0 rings (SSSR count). The third-order valence-corrected chi connectivity index (χ3v) is 1.04. The third kappa shape index (κ3) is 5.03. The third-order valence-electron chi connectivity index (χ3n) is 1.04. The fourth-order valence-corrected chi connectivity index (χ4v) is 0.490. The van der Waals surface area contributed by atoms with Gasteiger partial charge in [0.2, 0.25) is 5.91 Å². The molecule has 3 nitrogen and oxygen atoms in total. The van der Waals surface area contributed by atoms with Gasteiger partial charge in [-0.3, -0.25) is 9.59 Å². The van der Waals surface area contributed by atoms with Gasteiger partial charge in [-0.25, -0.2) is 0 Å². The van der Waals surface area contributed by atoms with E-state index in [0.29, 0.717) is 18.4 Å². The quantitative estimate of drug-likeness (QED) is 0.455. The van der Waals surface area contributed by atoms with Gasteiger partial charge in [0.15, 0.2) is 0 Å². The van der Waals surface area contributed by atoms with Gasteiger partial charge < -0.3 is 5.73 Å². The Morgan fingerprint density at radius 3 is 2.60 bits per heavy atom. The Kier molecular flexibility index (Phi) is 4.20. The zero-order valence-electron chi connectivity index (χ0n) is 5.96. The van der Waals surface area contributed by atoms with Gasteiger partial charge in [-0.2, -0.15) is 0 Å². The molecule has 0 aliphatic carbocycles. The molecule has 0 heterocycles. The molecule has 0 spiro atoms. The van der Waals surface area contributed by atoms with Crippen molar-refractivity contribution < 1.29 is 9.59 Å². The molecule has 2 N–H and O–H groups in total. The minimum Gasteiger partial charge on any atom is -0.370 e. The van der Waals surface area contributed by atoms with Crippen LogP contribution in [0.3, 0.4) is 0 Å². The number of hydrogen-bond donors (Lipinski definition) is 1. The first-order chi connectivity index (χ1) is 4.66.